The molecule has 3 N–H and O–H groups in total. The van der Waals surface area contributed by atoms with E-state index >= 15 is 0 Å². The number of rotatable bonds is 7. The van der Waals surface area contributed by atoms with Crippen LogP contribution in [0.2, 0.25) is 0 Å². The standard InChI is InChI=1S/C18H20N4O/c1-2-7-16(20)17(22-21-15-10-4-3-5-11-15)18(23)13-8-6-9-14(19)12-13/h3-6,8-12,17,20H,2,7,19H2,1H3. The van der Waals surface area contributed by atoms with Crippen LogP contribution in [-0.4, -0.2) is 17.5 Å². The first kappa shape index (κ1) is 16.5. The molecule has 1 unspecified atom stereocenters. The third-order valence-electron chi connectivity index (χ3n) is 3.31. The van der Waals surface area contributed by atoms with Gasteiger partial charge < -0.3 is 11.1 Å². The van der Waals surface area contributed by atoms with Crippen molar-refractivity contribution >= 4 is 22.9 Å². The summed E-state index contributed by atoms with van der Waals surface area (Å²) in [6.07, 6.45) is 1.28. The van der Waals surface area contributed by atoms with Gasteiger partial charge in [0.15, 0.2) is 11.8 Å². The van der Waals surface area contributed by atoms with Gasteiger partial charge in [0.2, 0.25) is 0 Å². The smallest absolute Gasteiger partial charge is 0.195 e. The topological polar surface area (TPSA) is 91.7 Å². The molecule has 2 aromatic rings. The van der Waals surface area contributed by atoms with Gasteiger partial charge in [-0.25, -0.2) is 0 Å². The highest BCUT2D eigenvalue weighted by Crippen LogP contribution is 2.17. The lowest BCUT2D eigenvalue weighted by Crippen LogP contribution is -2.27. The van der Waals surface area contributed by atoms with Gasteiger partial charge in [-0.15, -0.1) is 0 Å². The van der Waals surface area contributed by atoms with E-state index in [9.17, 15) is 4.79 Å². The number of carbonyl (C=O) groups excluding carboxylic acids is 1. The van der Waals surface area contributed by atoms with E-state index in [1.54, 1.807) is 36.4 Å². The van der Waals surface area contributed by atoms with Crippen LogP contribution in [0.5, 0.6) is 0 Å². The molecule has 5 nitrogen and oxygen atoms in total. The second-order valence-electron chi connectivity index (χ2n) is 5.22. The zero-order valence-electron chi connectivity index (χ0n) is 13.1. The summed E-state index contributed by atoms with van der Waals surface area (Å²) in [5.41, 5.74) is 7.61. The monoisotopic (exact) mass is 308 g/mol. The Hall–Kier alpha value is -2.82. The van der Waals surface area contributed by atoms with Gasteiger partial charge in [0.1, 0.15) is 0 Å². The highest BCUT2D eigenvalue weighted by atomic mass is 16.1. The van der Waals surface area contributed by atoms with Gasteiger partial charge in [0.05, 0.1) is 5.69 Å². The number of nitrogens with two attached hydrogens (primary N) is 1. The first-order chi connectivity index (χ1) is 11.1. The van der Waals surface area contributed by atoms with E-state index in [2.05, 4.69) is 10.2 Å². The number of nitrogens with zero attached hydrogens (tertiary/aromatic N) is 2. The number of Topliss-reactive ketones (excluding diaryl/α,β-unsaturated/α-hetero) is 1. The molecule has 0 heterocycles. The summed E-state index contributed by atoms with van der Waals surface area (Å²) >= 11 is 0. The second kappa shape index (κ2) is 7.98. The van der Waals surface area contributed by atoms with Crippen LogP contribution in [0, 0.1) is 5.41 Å². The number of anilines is 1. The molecule has 5 heteroatoms. The van der Waals surface area contributed by atoms with E-state index in [-0.39, 0.29) is 11.5 Å². The van der Waals surface area contributed by atoms with Gasteiger partial charge >= 0.3 is 0 Å². The molecule has 0 radical (unpaired) electrons. The van der Waals surface area contributed by atoms with Crippen LogP contribution in [0.25, 0.3) is 0 Å². The van der Waals surface area contributed by atoms with Crippen molar-refractivity contribution in [2.45, 2.75) is 25.8 Å². The summed E-state index contributed by atoms with van der Waals surface area (Å²) in [5.74, 6) is -0.254. The molecule has 0 fully saturated rings. The van der Waals surface area contributed by atoms with Crippen molar-refractivity contribution in [3.8, 4) is 0 Å². The fraction of sp³-hybridized carbons (Fsp3) is 0.222. The molecule has 23 heavy (non-hydrogen) atoms. The molecule has 118 valence electrons. The minimum Gasteiger partial charge on any atom is -0.399 e. The van der Waals surface area contributed by atoms with Crippen molar-refractivity contribution in [2.24, 2.45) is 10.2 Å². The number of hydrogen-bond acceptors (Lipinski definition) is 5. The van der Waals surface area contributed by atoms with E-state index in [1.165, 1.54) is 0 Å². The summed E-state index contributed by atoms with van der Waals surface area (Å²) in [5, 5.41) is 16.4. The predicted molar refractivity (Wildman–Crippen MR) is 92.6 cm³/mol. The molecule has 0 amide bonds. The van der Waals surface area contributed by atoms with E-state index < -0.39 is 6.04 Å². The highest BCUT2D eigenvalue weighted by molar-refractivity contribution is 6.15. The van der Waals surface area contributed by atoms with E-state index in [0.29, 0.717) is 23.4 Å². The lowest BCUT2D eigenvalue weighted by atomic mass is 9.98. The van der Waals surface area contributed by atoms with E-state index in [4.69, 9.17) is 11.1 Å². The number of nitrogens with one attached hydrogen (secondary N) is 1. The molecule has 2 rings (SSSR count). The molecule has 0 aliphatic heterocycles. The van der Waals surface area contributed by atoms with Crippen molar-refractivity contribution in [3.63, 3.8) is 0 Å². The van der Waals surface area contributed by atoms with Crippen LogP contribution < -0.4 is 5.73 Å². The van der Waals surface area contributed by atoms with Crippen LogP contribution >= 0.6 is 0 Å². The van der Waals surface area contributed by atoms with Crippen molar-refractivity contribution in [3.05, 3.63) is 60.2 Å². The lowest BCUT2D eigenvalue weighted by Gasteiger charge is -2.12. The van der Waals surface area contributed by atoms with Gasteiger partial charge in [-0.05, 0) is 30.7 Å². The Balaban J connectivity index is 2.28. The normalized spacial score (nSPS) is 12.2. The number of azo groups is 1. The number of hydrogen-bond donors (Lipinski definition) is 2. The lowest BCUT2D eigenvalue weighted by molar-refractivity contribution is 0.0982. The van der Waals surface area contributed by atoms with Crippen molar-refractivity contribution in [1.82, 2.24) is 0 Å². The first-order valence-electron chi connectivity index (χ1n) is 7.54. The Morgan fingerprint density at radius 2 is 1.91 bits per heavy atom. The van der Waals surface area contributed by atoms with E-state index in [1.807, 2.05) is 25.1 Å². The zero-order valence-corrected chi connectivity index (χ0v) is 13.1. The Kier molecular flexibility index (Phi) is 5.74. The van der Waals surface area contributed by atoms with Crippen LogP contribution in [0.3, 0.4) is 0 Å². The molecule has 0 bridgehead atoms. The summed E-state index contributed by atoms with van der Waals surface area (Å²) in [6.45, 7) is 1.96. The quantitative estimate of drug-likeness (QED) is 0.343. The fourth-order valence-electron chi connectivity index (χ4n) is 2.16. The van der Waals surface area contributed by atoms with Gasteiger partial charge in [0, 0.05) is 17.0 Å². The highest BCUT2D eigenvalue weighted by Gasteiger charge is 2.24. The summed E-state index contributed by atoms with van der Waals surface area (Å²) in [7, 11) is 0. The molecular weight excluding hydrogens is 288 g/mol. The van der Waals surface area contributed by atoms with Crippen LogP contribution in [0.1, 0.15) is 30.1 Å². The summed E-state index contributed by atoms with van der Waals surface area (Å²) in [6, 6.07) is 15.0. The maximum atomic E-state index is 12.7. The maximum absolute atomic E-state index is 12.7. The van der Waals surface area contributed by atoms with Crippen molar-refractivity contribution in [2.75, 3.05) is 5.73 Å². The second-order valence-corrected chi connectivity index (χ2v) is 5.22. The molecule has 2 aromatic carbocycles. The Labute approximate surface area is 135 Å². The van der Waals surface area contributed by atoms with Crippen molar-refractivity contribution in [1.29, 1.82) is 5.41 Å². The molecule has 0 aromatic heterocycles. The van der Waals surface area contributed by atoms with Gasteiger partial charge in [-0.2, -0.15) is 10.2 Å². The molecule has 0 aliphatic rings. The van der Waals surface area contributed by atoms with Gasteiger partial charge in [0.25, 0.3) is 0 Å². The van der Waals surface area contributed by atoms with Crippen molar-refractivity contribution < 1.29 is 4.79 Å². The molecule has 0 saturated heterocycles. The predicted octanol–water partition coefficient (Wildman–Crippen LogP) is 4.42. The Morgan fingerprint density at radius 3 is 2.57 bits per heavy atom. The van der Waals surface area contributed by atoms with Crippen LogP contribution in [0.15, 0.2) is 64.8 Å². The third-order valence-corrected chi connectivity index (χ3v) is 3.31. The largest absolute Gasteiger partial charge is 0.399 e. The van der Waals surface area contributed by atoms with Crippen LogP contribution in [0.4, 0.5) is 11.4 Å². The molecular formula is C18H20N4O. The first-order valence-corrected chi connectivity index (χ1v) is 7.54. The minimum atomic E-state index is -0.906. The molecule has 0 spiro atoms. The average Bonchev–Trinajstić information content (AvgIpc) is 2.56. The molecule has 1 atom stereocenters. The number of ketones is 1. The van der Waals surface area contributed by atoms with E-state index in [0.717, 1.165) is 6.42 Å². The minimum absolute atomic E-state index is 0.254. The Morgan fingerprint density at radius 1 is 1.17 bits per heavy atom. The number of carbonyl (C=O) groups is 1. The zero-order chi connectivity index (χ0) is 16.7. The SMILES string of the molecule is CCCC(=N)C(N=Nc1ccccc1)C(=O)c1cccc(N)c1. The fourth-order valence-corrected chi connectivity index (χ4v) is 2.16. The van der Waals surface area contributed by atoms with Crippen LogP contribution in [-0.2, 0) is 0 Å². The molecule has 0 saturated carbocycles. The number of nitrogen functional groups attached to an aromatic ring is 1. The Bertz CT molecular complexity index is 710. The number of benzene rings is 2. The summed E-state index contributed by atoms with van der Waals surface area (Å²) in [4.78, 5) is 12.7. The summed E-state index contributed by atoms with van der Waals surface area (Å²) < 4.78 is 0. The van der Waals surface area contributed by atoms with Gasteiger partial charge in [-0.3, -0.25) is 4.79 Å². The van der Waals surface area contributed by atoms with Gasteiger partial charge in [-0.1, -0.05) is 43.7 Å². The maximum Gasteiger partial charge on any atom is 0.195 e. The average molecular weight is 308 g/mol. The third kappa shape index (κ3) is 4.57. The molecule has 0 aliphatic carbocycles.